The fourth-order valence-corrected chi connectivity index (χ4v) is 4.77. The van der Waals surface area contributed by atoms with E-state index in [1.807, 2.05) is 57.6 Å². The van der Waals surface area contributed by atoms with Gasteiger partial charge in [-0.3, -0.25) is 14.2 Å². The molecule has 4 aromatic rings. The van der Waals surface area contributed by atoms with Crippen LogP contribution in [0.5, 0.6) is 0 Å². The van der Waals surface area contributed by atoms with E-state index >= 15 is 4.39 Å². The highest BCUT2D eigenvalue weighted by Gasteiger charge is 2.54. The minimum absolute atomic E-state index is 0.0324. The molecular formula is C30H34BFN4O3. The number of ketones is 1. The van der Waals surface area contributed by atoms with Crippen LogP contribution in [0.4, 0.5) is 4.39 Å². The first-order valence-electron chi connectivity index (χ1n) is 13.2. The Labute approximate surface area is 229 Å². The molecule has 3 heterocycles. The largest absolute Gasteiger partial charge is 0.466 e. The van der Waals surface area contributed by atoms with Gasteiger partial charge in [-0.15, -0.1) is 0 Å². The minimum Gasteiger partial charge on any atom is -0.403 e. The highest BCUT2D eigenvalue weighted by molar-refractivity contribution is 6.48. The van der Waals surface area contributed by atoms with Gasteiger partial charge in [-0.25, -0.2) is 4.39 Å². The molecule has 0 aliphatic carbocycles. The second-order valence-electron chi connectivity index (χ2n) is 11.3. The third kappa shape index (κ3) is 5.89. The van der Waals surface area contributed by atoms with Crippen molar-refractivity contribution in [3.8, 4) is 0 Å². The number of hydrogen-bond donors (Lipinski definition) is 0. The lowest BCUT2D eigenvalue weighted by Crippen LogP contribution is -2.41. The van der Waals surface area contributed by atoms with Crippen molar-refractivity contribution in [2.24, 2.45) is 0 Å². The fraction of sp³-hybridized carbons (Fsp3) is 0.367. The van der Waals surface area contributed by atoms with Crippen molar-refractivity contribution in [2.45, 2.75) is 71.1 Å². The first-order valence-corrected chi connectivity index (χ1v) is 13.2. The van der Waals surface area contributed by atoms with Crippen molar-refractivity contribution in [3.05, 3.63) is 107 Å². The zero-order chi connectivity index (χ0) is 27.8. The maximum atomic E-state index is 15.1. The van der Waals surface area contributed by atoms with E-state index in [1.165, 1.54) is 6.07 Å². The Kier molecular flexibility index (Phi) is 7.31. The second-order valence-corrected chi connectivity index (χ2v) is 11.3. The zero-order valence-corrected chi connectivity index (χ0v) is 23.1. The van der Waals surface area contributed by atoms with Gasteiger partial charge in [0.1, 0.15) is 5.82 Å². The third-order valence-electron chi connectivity index (χ3n) is 7.79. The van der Waals surface area contributed by atoms with E-state index in [2.05, 4.69) is 34.5 Å². The van der Waals surface area contributed by atoms with Crippen molar-refractivity contribution in [1.29, 1.82) is 0 Å². The molecule has 1 unspecified atom stereocenters. The number of carbonyl (C=O) groups excluding carboxylic acids is 1. The topological polar surface area (TPSA) is 71.2 Å². The molecule has 0 N–H and O–H groups in total. The summed E-state index contributed by atoms with van der Waals surface area (Å²) in [4.78, 5) is 13.5. The van der Waals surface area contributed by atoms with Gasteiger partial charge >= 0.3 is 7.12 Å². The van der Waals surface area contributed by atoms with E-state index in [-0.39, 0.29) is 18.0 Å². The van der Waals surface area contributed by atoms with Crippen LogP contribution in [0.3, 0.4) is 0 Å². The van der Waals surface area contributed by atoms with Crippen LogP contribution in [0, 0.1) is 12.7 Å². The van der Waals surface area contributed by atoms with Crippen LogP contribution in [-0.2, 0) is 22.4 Å². The molecule has 7 nitrogen and oxygen atoms in total. The van der Waals surface area contributed by atoms with Crippen molar-refractivity contribution in [1.82, 2.24) is 19.6 Å². The van der Waals surface area contributed by atoms with Crippen LogP contribution < -0.4 is 0 Å². The predicted octanol–water partition coefficient (Wildman–Crippen LogP) is 5.61. The molecule has 1 atom stereocenters. The van der Waals surface area contributed by atoms with Gasteiger partial charge in [0.15, 0.2) is 5.78 Å². The summed E-state index contributed by atoms with van der Waals surface area (Å²) in [6.07, 6.45) is 7.04. The average Bonchev–Trinajstić information content (AvgIpc) is 3.59. The number of rotatable bonds is 9. The molecule has 1 saturated heterocycles. The highest BCUT2D eigenvalue weighted by atomic mass is 19.1. The summed E-state index contributed by atoms with van der Waals surface area (Å²) in [5, 5.41) is 8.66. The molecule has 0 amide bonds. The van der Waals surface area contributed by atoms with E-state index in [0.717, 1.165) is 16.7 Å². The van der Waals surface area contributed by atoms with Crippen LogP contribution in [-0.4, -0.2) is 43.7 Å². The van der Waals surface area contributed by atoms with Gasteiger partial charge in [-0.2, -0.15) is 10.2 Å². The lowest BCUT2D eigenvalue weighted by Gasteiger charge is -2.32. The monoisotopic (exact) mass is 528 g/mol. The zero-order valence-electron chi connectivity index (χ0n) is 23.1. The van der Waals surface area contributed by atoms with E-state index in [4.69, 9.17) is 9.31 Å². The molecule has 0 saturated carbocycles. The van der Waals surface area contributed by atoms with E-state index in [9.17, 15) is 4.79 Å². The molecule has 5 rings (SSSR count). The standard InChI is InChI=1S/C30H34BFN4O3/c1-21-7-12-25(27(32)15-21)26(31-38-29(2,3)30(4,5)39-31)16-28(37)24-17-34-36(20-24)19-23-10-8-22(9-11-23)18-35-14-6-13-33-35/h6-15,17,20,26H,16,18-19H2,1-5H3. The maximum absolute atomic E-state index is 15.1. The molecule has 39 heavy (non-hydrogen) atoms. The van der Waals surface area contributed by atoms with Gasteiger partial charge in [0, 0.05) is 30.8 Å². The van der Waals surface area contributed by atoms with Gasteiger partial charge in [0.2, 0.25) is 0 Å². The summed E-state index contributed by atoms with van der Waals surface area (Å²) in [6.45, 7) is 10.9. The minimum atomic E-state index is -0.758. The SMILES string of the molecule is Cc1ccc(C(CC(=O)c2cnn(Cc3ccc(Cn4cccn4)cc3)c2)B2OC(C)(C)C(C)(C)O2)c(F)c1. The fourth-order valence-electron chi connectivity index (χ4n) is 4.77. The van der Waals surface area contributed by atoms with Crippen LogP contribution >= 0.6 is 0 Å². The van der Waals surface area contributed by atoms with Gasteiger partial charge in [-0.1, -0.05) is 36.4 Å². The Balaban J connectivity index is 1.30. The summed E-state index contributed by atoms with van der Waals surface area (Å²) in [7, 11) is -0.758. The van der Waals surface area contributed by atoms with Crippen LogP contribution in [0.2, 0.25) is 0 Å². The number of hydrogen-bond acceptors (Lipinski definition) is 5. The number of aryl methyl sites for hydroxylation is 1. The lowest BCUT2D eigenvalue weighted by atomic mass is 9.65. The Hall–Kier alpha value is -3.56. The average molecular weight is 528 g/mol. The number of halogens is 1. The molecule has 1 aliphatic rings. The van der Waals surface area contributed by atoms with E-state index in [0.29, 0.717) is 24.2 Å². The molecule has 0 bridgehead atoms. The quantitative estimate of drug-likeness (QED) is 0.209. The van der Waals surface area contributed by atoms with Crippen LogP contribution in [0.15, 0.2) is 73.3 Å². The van der Waals surface area contributed by atoms with Gasteiger partial charge in [0.05, 0.1) is 36.1 Å². The van der Waals surface area contributed by atoms with Crippen molar-refractivity contribution < 1.29 is 18.5 Å². The smallest absolute Gasteiger partial charge is 0.403 e. The first-order chi connectivity index (χ1) is 18.5. The molecule has 2 aromatic heterocycles. The summed E-state index contributed by atoms with van der Waals surface area (Å²) in [5.41, 5.74) is 2.71. The van der Waals surface area contributed by atoms with Crippen LogP contribution in [0.1, 0.15) is 72.5 Å². The molecule has 1 fully saturated rings. The van der Waals surface area contributed by atoms with Crippen molar-refractivity contribution in [2.75, 3.05) is 0 Å². The number of benzene rings is 2. The number of nitrogens with zero attached hydrogens (tertiary/aromatic N) is 4. The summed E-state index contributed by atoms with van der Waals surface area (Å²) >= 11 is 0. The Morgan fingerprint density at radius 2 is 1.62 bits per heavy atom. The maximum Gasteiger partial charge on any atom is 0.466 e. The molecule has 0 spiro atoms. The number of Topliss-reactive ketones (excluding diaryl/α,β-unsaturated/α-hetero) is 1. The Bertz CT molecular complexity index is 1430. The van der Waals surface area contributed by atoms with Crippen molar-refractivity contribution >= 4 is 12.9 Å². The van der Waals surface area contributed by atoms with Gasteiger partial charge in [0.25, 0.3) is 0 Å². The van der Waals surface area contributed by atoms with E-state index < -0.39 is 24.1 Å². The molecule has 0 radical (unpaired) electrons. The lowest BCUT2D eigenvalue weighted by molar-refractivity contribution is 0.00578. The van der Waals surface area contributed by atoms with Crippen molar-refractivity contribution in [3.63, 3.8) is 0 Å². The summed E-state index contributed by atoms with van der Waals surface area (Å²) < 4.78 is 31.3. The van der Waals surface area contributed by atoms with Gasteiger partial charge < -0.3 is 9.31 Å². The Morgan fingerprint density at radius 1 is 0.974 bits per heavy atom. The molecule has 9 heteroatoms. The molecule has 1 aliphatic heterocycles. The predicted molar refractivity (Wildman–Crippen MR) is 148 cm³/mol. The second kappa shape index (κ2) is 10.5. The normalized spacial score (nSPS) is 16.9. The summed E-state index contributed by atoms with van der Waals surface area (Å²) in [6, 6.07) is 15.2. The summed E-state index contributed by atoms with van der Waals surface area (Å²) in [5.74, 6) is -1.12. The molecular weight excluding hydrogens is 494 g/mol. The number of aromatic nitrogens is 4. The third-order valence-corrected chi connectivity index (χ3v) is 7.79. The number of carbonyl (C=O) groups is 1. The molecule has 202 valence electrons. The first kappa shape index (κ1) is 27.0. The Morgan fingerprint density at radius 3 is 2.21 bits per heavy atom. The van der Waals surface area contributed by atoms with E-state index in [1.54, 1.807) is 29.3 Å². The van der Waals surface area contributed by atoms with Crippen LogP contribution in [0.25, 0.3) is 0 Å². The highest BCUT2D eigenvalue weighted by Crippen LogP contribution is 2.42. The molecule has 2 aromatic carbocycles. The van der Waals surface area contributed by atoms with Gasteiger partial charge in [-0.05, 0) is 69.0 Å².